The van der Waals surface area contributed by atoms with E-state index in [1.165, 1.54) is 6.20 Å². The van der Waals surface area contributed by atoms with Crippen LogP contribution in [-0.4, -0.2) is 23.9 Å². The molecular weight excluding hydrogens is 342 g/mol. The quantitative estimate of drug-likeness (QED) is 0.624. The fourth-order valence-electron chi connectivity index (χ4n) is 2.95. The lowest BCUT2D eigenvalue weighted by Crippen LogP contribution is -2.37. The van der Waals surface area contributed by atoms with E-state index in [2.05, 4.69) is 10.6 Å². The van der Waals surface area contributed by atoms with Crippen molar-refractivity contribution in [3.8, 4) is 11.5 Å². The van der Waals surface area contributed by atoms with Gasteiger partial charge in [0.25, 0.3) is 0 Å². The Bertz CT molecular complexity index is 841. The van der Waals surface area contributed by atoms with Gasteiger partial charge in [-0.15, -0.1) is 0 Å². The largest absolute Gasteiger partial charge is 0.618 e. The summed E-state index contributed by atoms with van der Waals surface area (Å²) in [5, 5.41) is 18.6. The van der Waals surface area contributed by atoms with Gasteiger partial charge in [0, 0.05) is 6.07 Å². The van der Waals surface area contributed by atoms with Gasteiger partial charge >= 0.3 is 0 Å². The highest BCUT2D eigenvalue weighted by atomic mass is 32.2. The van der Waals surface area contributed by atoms with Crippen LogP contribution in [0.5, 0.6) is 11.5 Å². The number of aryl methyl sites for hydroxylation is 1. The third-order valence-electron chi connectivity index (χ3n) is 4.25. The van der Waals surface area contributed by atoms with E-state index in [0.29, 0.717) is 17.0 Å². The Labute approximate surface area is 149 Å². The zero-order chi connectivity index (χ0) is 18.1. The normalized spacial score (nSPS) is 16.6. The van der Waals surface area contributed by atoms with E-state index >= 15 is 0 Å². The predicted octanol–water partition coefficient (Wildman–Crippen LogP) is 2.02. The van der Waals surface area contributed by atoms with Crippen LogP contribution in [0.25, 0.3) is 0 Å². The van der Waals surface area contributed by atoms with Gasteiger partial charge in [0.2, 0.25) is 5.69 Å². The van der Waals surface area contributed by atoms with Crippen molar-refractivity contribution >= 4 is 22.2 Å². The molecule has 7 nitrogen and oxygen atoms in total. The maximum absolute atomic E-state index is 12.8. The molecule has 0 aliphatic carbocycles. The van der Waals surface area contributed by atoms with Gasteiger partial charge in [-0.05, 0) is 26.0 Å². The Morgan fingerprint density at radius 2 is 1.92 bits per heavy atom. The van der Waals surface area contributed by atoms with Gasteiger partial charge in [-0.1, -0.05) is 0 Å². The first kappa shape index (κ1) is 17.3. The number of methoxy groups -OCH3 is 2. The van der Waals surface area contributed by atoms with Gasteiger partial charge < -0.3 is 25.3 Å². The Hall–Kier alpha value is -2.48. The van der Waals surface area contributed by atoms with Gasteiger partial charge in [-0.3, -0.25) is 4.21 Å². The Balaban J connectivity index is 1.80. The molecule has 0 saturated heterocycles. The summed E-state index contributed by atoms with van der Waals surface area (Å²) in [6, 6.07) is 5.54. The molecule has 1 aliphatic heterocycles. The molecule has 0 fully saturated rings. The molecule has 3 rings (SSSR count). The highest BCUT2D eigenvalue weighted by Gasteiger charge is 2.28. The van der Waals surface area contributed by atoms with Gasteiger partial charge in [0.05, 0.1) is 47.5 Å². The van der Waals surface area contributed by atoms with Crippen molar-refractivity contribution in [1.82, 2.24) is 0 Å². The first-order chi connectivity index (χ1) is 11.9. The smallest absolute Gasteiger partial charge is 0.212 e. The summed E-state index contributed by atoms with van der Waals surface area (Å²) in [5.41, 5.74) is 3.11. The summed E-state index contributed by atoms with van der Waals surface area (Å²) in [6.45, 7) is 3.62. The number of aromatic nitrogens is 1. The number of anilines is 2. The van der Waals surface area contributed by atoms with E-state index in [0.717, 1.165) is 27.4 Å². The lowest BCUT2D eigenvalue weighted by molar-refractivity contribution is -0.613. The monoisotopic (exact) mass is 363 g/mol. The van der Waals surface area contributed by atoms with E-state index < -0.39 is 16.3 Å². The fraction of sp³-hybridized carbons (Fsp3) is 0.353. The lowest BCUT2D eigenvalue weighted by atomic mass is 10.1. The molecule has 1 aliphatic rings. The first-order valence-corrected chi connectivity index (χ1v) is 9.17. The zero-order valence-electron chi connectivity index (χ0n) is 14.6. The van der Waals surface area contributed by atoms with Gasteiger partial charge in [0.1, 0.15) is 17.3 Å². The van der Waals surface area contributed by atoms with Gasteiger partial charge in [-0.25, -0.2) is 0 Å². The number of hydrogen-bond acceptors (Lipinski definition) is 6. The molecule has 134 valence electrons. The van der Waals surface area contributed by atoms with Crippen LogP contribution in [0.3, 0.4) is 0 Å². The third-order valence-corrected chi connectivity index (χ3v) is 5.57. The van der Waals surface area contributed by atoms with Crippen molar-refractivity contribution in [2.24, 2.45) is 0 Å². The minimum absolute atomic E-state index is 0.113. The van der Waals surface area contributed by atoms with Crippen molar-refractivity contribution in [1.29, 1.82) is 0 Å². The third kappa shape index (κ3) is 3.21. The van der Waals surface area contributed by atoms with Crippen molar-refractivity contribution in [2.45, 2.75) is 25.1 Å². The van der Waals surface area contributed by atoms with Crippen LogP contribution < -0.4 is 24.8 Å². The minimum Gasteiger partial charge on any atom is -0.618 e. The van der Waals surface area contributed by atoms with Crippen molar-refractivity contribution < 1.29 is 18.4 Å². The molecule has 0 bridgehead atoms. The molecule has 2 aromatic rings. The summed E-state index contributed by atoms with van der Waals surface area (Å²) in [5.74, 6) is 1.48. The maximum Gasteiger partial charge on any atom is 0.212 e. The molecular formula is C17H21N3O4S. The average Bonchev–Trinajstić information content (AvgIpc) is 3.01. The van der Waals surface area contributed by atoms with Crippen molar-refractivity contribution in [3.63, 3.8) is 0 Å². The standard InChI is InChI=1S/C17H21N3O4S/c1-10-8-20(21)15(11(2)16(10)24-4)9-25(22)17-18-13-6-5-12(23-3)7-14(13)19-17/h5-8,17-19H,9H2,1-4H3. The second-order valence-electron chi connectivity index (χ2n) is 5.85. The number of ether oxygens (including phenoxy) is 2. The van der Waals surface area contributed by atoms with E-state index in [9.17, 15) is 9.42 Å². The highest BCUT2D eigenvalue weighted by Crippen LogP contribution is 2.34. The predicted molar refractivity (Wildman–Crippen MR) is 97.3 cm³/mol. The molecule has 0 radical (unpaired) electrons. The minimum atomic E-state index is -1.36. The number of fused-ring (bicyclic) bond motifs is 1. The molecule has 25 heavy (non-hydrogen) atoms. The topological polar surface area (TPSA) is 86.5 Å². The van der Waals surface area contributed by atoms with Crippen molar-refractivity contribution in [3.05, 3.63) is 46.4 Å². The number of hydrogen-bond donors (Lipinski definition) is 2. The molecule has 2 N–H and O–H groups in total. The maximum atomic E-state index is 12.8. The van der Waals surface area contributed by atoms with Crippen LogP contribution in [0.2, 0.25) is 0 Å². The van der Waals surface area contributed by atoms with Crippen LogP contribution in [0.15, 0.2) is 24.4 Å². The number of nitrogens with one attached hydrogen (secondary N) is 2. The zero-order valence-corrected chi connectivity index (χ0v) is 15.4. The number of benzene rings is 1. The summed E-state index contributed by atoms with van der Waals surface area (Å²) in [6.07, 6.45) is 1.45. The molecule has 0 saturated carbocycles. The van der Waals surface area contributed by atoms with E-state index in [1.54, 1.807) is 14.2 Å². The van der Waals surface area contributed by atoms with Gasteiger partial charge in [-0.2, -0.15) is 4.73 Å². The van der Waals surface area contributed by atoms with Crippen LogP contribution in [0, 0.1) is 19.1 Å². The van der Waals surface area contributed by atoms with Crippen LogP contribution in [-0.2, 0) is 16.6 Å². The summed E-state index contributed by atoms with van der Waals surface area (Å²) in [7, 11) is 1.80. The van der Waals surface area contributed by atoms with Crippen LogP contribution in [0.1, 0.15) is 16.8 Å². The SMILES string of the molecule is COc1ccc2c(c1)NC(S(=O)Cc1c(C)c(OC)c(C)c[n+]1[O-])N2. The molecule has 2 heterocycles. The first-order valence-electron chi connectivity index (χ1n) is 7.79. The number of rotatable bonds is 5. The molecule has 2 unspecified atom stereocenters. The highest BCUT2D eigenvalue weighted by molar-refractivity contribution is 7.85. The Morgan fingerprint density at radius 1 is 1.20 bits per heavy atom. The molecule has 0 amide bonds. The number of nitrogens with zero attached hydrogens (tertiary/aromatic N) is 1. The summed E-state index contributed by atoms with van der Waals surface area (Å²) in [4.78, 5) is 0. The van der Waals surface area contributed by atoms with Crippen LogP contribution >= 0.6 is 0 Å². The van der Waals surface area contributed by atoms with E-state index in [1.807, 2.05) is 32.0 Å². The van der Waals surface area contributed by atoms with Crippen molar-refractivity contribution in [2.75, 3.05) is 24.9 Å². The number of pyridine rings is 1. The van der Waals surface area contributed by atoms with E-state index in [-0.39, 0.29) is 5.75 Å². The van der Waals surface area contributed by atoms with Crippen LogP contribution in [0.4, 0.5) is 11.4 Å². The molecule has 2 atom stereocenters. The average molecular weight is 363 g/mol. The Morgan fingerprint density at radius 3 is 2.60 bits per heavy atom. The molecule has 0 spiro atoms. The van der Waals surface area contributed by atoms with E-state index in [4.69, 9.17) is 9.47 Å². The summed E-state index contributed by atoms with van der Waals surface area (Å²) < 4.78 is 24.1. The second kappa shape index (κ2) is 6.79. The lowest BCUT2D eigenvalue weighted by Gasteiger charge is -2.15. The Kier molecular flexibility index (Phi) is 4.71. The summed E-state index contributed by atoms with van der Waals surface area (Å²) >= 11 is 0. The fourth-order valence-corrected chi connectivity index (χ4v) is 4.25. The second-order valence-corrected chi connectivity index (χ2v) is 7.37. The molecule has 1 aromatic heterocycles. The van der Waals surface area contributed by atoms with Gasteiger partial charge in [0.15, 0.2) is 11.7 Å². The molecule has 8 heteroatoms. The molecule has 1 aromatic carbocycles.